The van der Waals surface area contributed by atoms with E-state index in [2.05, 4.69) is 20.8 Å². The van der Waals surface area contributed by atoms with Gasteiger partial charge < -0.3 is 57.2 Å². The summed E-state index contributed by atoms with van der Waals surface area (Å²) in [6, 6.07) is 0. The second-order valence-electron chi connectivity index (χ2n) is 40.0. The molecule has 15 fully saturated rings. The molecular weight excluding hydrogens is 1630 g/mol. The fraction of sp³-hybridized carbons (Fsp3) is 0.911. The third-order valence-corrected chi connectivity index (χ3v) is 28.7. The molecule has 4 heterocycles. The second-order valence-corrected chi connectivity index (χ2v) is 40.0. The summed E-state index contributed by atoms with van der Waals surface area (Å²) in [5.41, 5.74) is -4.18. The first kappa shape index (κ1) is 132. The molecule has 15 aliphatic rings. The minimum atomic E-state index is -4.34. The topological polar surface area (TPSA) is 275 Å². The summed E-state index contributed by atoms with van der Waals surface area (Å²) in [6.07, 6.45) is 26.8. The van der Waals surface area contributed by atoms with Gasteiger partial charge in [-0.2, -0.15) is 17.6 Å². The Morgan fingerprint density at radius 1 is 0.444 bits per heavy atom. The molecule has 4 saturated heterocycles. The van der Waals surface area contributed by atoms with Crippen molar-refractivity contribution in [2.45, 2.75) is 479 Å². The Labute approximate surface area is 765 Å². The van der Waals surface area contributed by atoms with Crippen molar-refractivity contribution in [1.29, 1.82) is 0 Å². The molecule has 21 nitrogen and oxygen atoms in total. The number of cyclic esters (lactones) is 1. The molecule has 4 aliphatic heterocycles. The highest BCUT2D eigenvalue weighted by molar-refractivity contribution is 5.83. The highest BCUT2D eigenvalue weighted by Crippen LogP contribution is 2.62. The molecule has 0 spiro atoms. The predicted molar refractivity (Wildman–Crippen MR) is 498 cm³/mol. The van der Waals surface area contributed by atoms with Crippen LogP contribution in [0.4, 0.5) is 17.6 Å². The number of hydrogen-bond donors (Lipinski definition) is 1. The smallest absolute Gasteiger partial charge is 0.347 e. The zero-order chi connectivity index (χ0) is 85.4. The molecule has 8 unspecified atom stereocenters. The van der Waals surface area contributed by atoms with Gasteiger partial charge in [-0.25, -0.2) is 9.59 Å². The average Bonchev–Trinajstić information content (AvgIpc) is 0.844. The minimum Gasteiger partial charge on any atom is -0.463 e. The van der Waals surface area contributed by atoms with E-state index in [4.69, 9.17) is 52.1 Å². The van der Waals surface area contributed by atoms with Crippen molar-refractivity contribution < 1.29 is 118 Å². The van der Waals surface area contributed by atoms with Crippen molar-refractivity contribution in [1.82, 2.24) is 0 Å². The maximum atomic E-state index is 13.2. The number of rotatable bonds is 23. The number of carbonyl (C=O) groups is 9. The van der Waals surface area contributed by atoms with Gasteiger partial charge in [-0.3, -0.25) is 33.6 Å². The lowest BCUT2D eigenvalue weighted by molar-refractivity contribution is -0.249. The van der Waals surface area contributed by atoms with Gasteiger partial charge in [0.2, 0.25) is 11.9 Å². The number of hydrogen-bond acceptors (Lipinski definition) is 21. The van der Waals surface area contributed by atoms with E-state index < -0.39 is 101 Å². The largest absolute Gasteiger partial charge is 0.463 e. The monoisotopic (exact) mass is 1820 g/mol. The van der Waals surface area contributed by atoms with Gasteiger partial charge in [-0.1, -0.05) is 151 Å². The SMILES string of the molecule is C.C.C.C.C.C.C.C.C.C.C.C.CCC(C)(C)C(=O)OC1(CC)C2CC3CC(C2)CC1C3.CCC(C)(C)C(=O)OC12CC3CC(CC(O)(C3)C1)C2.CCC(C)(C)C(=O)OC1CCOC1=O.CCC(C)(C)C(=O)OCC(=O)OC1C2CC3CC(C2)C(=O)OC1C3.CCC(C)(C)C(=O)OCC1(C)OCC(F)(F)C(F)(F)CO1.CCC1(OC(=O)C(C)(C)CC)CCCCC1. The fourth-order valence-electron chi connectivity index (χ4n) is 18.6. The van der Waals surface area contributed by atoms with Crippen LogP contribution in [0.3, 0.4) is 0 Å². The predicted octanol–water partition coefficient (Wildman–Crippen LogP) is 25.9. The number of halogens is 4. The first-order valence-corrected chi connectivity index (χ1v) is 43.3. The van der Waals surface area contributed by atoms with Crippen molar-refractivity contribution in [2.24, 2.45) is 85.8 Å². The summed E-state index contributed by atoms with van der Waals surface area (Å²) in [6.45, 7) is 36.0. The Balaban J connectivity index is -0.000000339. The number of aliphatic hydroxyl groups is 1. The summed E-state index contributed by atoms with van der Waals surface area (Å²) in [7, 11) is 0. The Bertz CT molecular complexity index is 3260. The van der Waals surface area contributed by atoms with Gasteiger partial charge >= 0.3 is 65.6 Å². The van der Waals surface area contributed by atoms with Crippen LogP contribution in [0.5, 0.6) is 0 Å². The lowest BCUT2D eigenvalue weighted by Gasteiger charge is -2.60. The Hall–Kier alpha value is -5.17. The average molecular weight is 1820 g/mol. The molecule has 12 bridgehead atoms. The maximum absolute atomic E-state index is 13.2. The molecule has 11 saturated carbocycles. The molecule has 25 heteroatoms. The van der Waals surface area contributed by atoms with Crippen LogP contribution in [0.1, 0.15) is 421 Å². The van der Waals surface area contributed by atoms with Crippen LogP contribution in [0, 0.1) is 85.8 Å². The van der Waals surface area contributed by atoms with Gasteiger partial charge in [0, 0.05) is 18.8 Å². The molecule has 0 radical (unpaired) electrons. The van der Waals surface area contributed by atoms with Crippen LogP contribution in [-0.4, -0.2) is 150 Å². The summed E-state index contributed by atoms with van der Waals surface area (Å²) in [5.74, 6) is -8.17. The van der Waals surface area contributed by atoms with Crippen molar-refractivity contribution in [2.75, 3.05) is 33.0 Å². The lowest BCUT2D eigenvalue weighted by Crippen LogP contribution is -2.61. The zero-order valence-electron chi connectivity index (χ0n) is 73.1. The molecule has 11 aliphatic carbocycles. The van der Waals surface area contributed by atoms with Gasteiger partial charge in [0.25, 0.3) is 0 Å². The quantitative estimate of drug-likeness (QED) is 0.0565. The van der Waals surface area contributed by atoms with Gasteiger partial charge in [-0.05, 0) is 298 Å². The van der Waals surface area contributed by atoms with Gasteiger partial charge in [0.05, 0.1) is 50.6 Å². The van der Waals surface area contributed by atoms with Crippen molar-refractivity contribution in [3.63, 3.8) is 0 Å². The van der Waals surface area contributed by atoms with E-state index in [0.29, 0.717) is 68.3 Å². The van der Waals surface area contributed by atoms with Gasteiger partial charge in [0.15, 0.2) is 6.61 Å². The summed E-state index contributed by atoms with van der Waals surface area (Å²) < 4.78 is 111. The number of alkyl halides is 4. The summed E-state index contributed by atoms with van der Waals surface area (Å²) in [4.78, 5) is 108. The van der Waals surface area contributed by atoms with Crippen LogP contribution in [0.2, 0.25) is 0 Å². The molecule has 750 valence electrons. The van der Waals surface area contributed by atoms with E-state index in [1.54, 1.807) is 48.5 Å². The first-order valence-electron chi connectivity index (χ1n) is 43.3. The molecule has 126 heavy (non-hydrogen) atoms. The minimum absolute atomic E-state index is 0. The number of esters is 9. The standard InChI is InChI=1S/C18H26O6.C18H30O2.C16H26O3.C14H26O2.C13H20F4O4.C10H16O4.12CH4/c1-4-18(2,3)17(21)22-9-14(19)24-15-11-5-10-6-12(8-11)16(20)23-13(15)7-10;1-5-17(3,4)16(19)20-18(6-2)14-8-12-7-13(10-14)11-15(18)9-12;1-4-14(2,3)13(17)19-16-8-11-5-12(9-16)7-15(18,6-11)10-16;1-5-13(3,4)12(15)16-14(6-2)10-8-7-9-11-14;1-5-10(2,3)9(18)19-6-11(4)20-7-12(14,15)13(16,17)8-21-11;1-4-10(2,3)9(12)14-7-5-6-13-8(7)11;;;;;;;;;;;;/h10-13,15H,4-9H2,1-3H3;12-15H,5-11H2,1-4H3;11-12,18H,4-10H2,1-3H3;5-11H2,1-4H3;5-8H2,1-4H3;7H,4-6H2,1-3H3;12*1H4. The van der Waals surface area contributed by atoms with E-state index in [0.717, 1.165) is 108 Å². The number of ether oxygens (including phenoxy) is 11. The molecule has 1 N–H and O–H groups in total. The fourth-order valence-corrected chi connectivity index (χ4v) is 18.6. The highest BCUT2D eigenvalue weighted by Gasteiger charge is 2.63. The zero-order valence-corrected chi connectivity index (χ0v) is 73.1. The Morgan fingerprint density at radius 2 is 0.849 bits per heavy atom. The third-order valence-electron chi connectivity index (χ3n) is 28.7. The first-order chi connectivity index (χ1) is 52.7. The molecular formula is C101H192F4O21. The van der Waals surface area contributed by atoms with E-state index >= 15 is 0 Å². The molecule has 15 rings (SSSR count). The van der Waals surface area contributed by atoms with Crippen molar-refractivity contribution >= 4 is 53.7 Å². The van der Waals surface area contributed by atoms with Crippen molar-refractivity contribution in [3.05, 3.63) is 0 Å². The van der Waals surface area contributed by atoms with Gasteiger partial charge in [-0.15, -0.1) is 0 Å². The molecule has 0 aromatic heterocycles. The summed E-state index contributed by atoms with van der Waals surface area (Å²) >= 11 is 0. The van der Waals surface area contributed by atoms with E-state index in [1.165, 1.54) is 64.7 Å². The molecule has 0 amide bonds. The third kappa shape index (κ3) is 32.4. The van der Waals surface area contributed by atoms with Crippen LogP contribution < -0.4 is 0 Å². The summed E-state index contributed by atoms with van der Waals surface area (Å²) in [5, 5.41) is 10.6. The Kier molecular flexibility index (Phi) is 54.0. The lowest BCUT2D eigenvalue weighted by atomic mass is 9.49. The molecule has 8 atom stereocenters. The molecule has 0 aromatic rings. The van der Waals surface area contributed by atoms with Crippen LogP contribution >= 0.6 is 0 Å². The van der Waals surface area contributed by atoms with E-state index in [9.17, 15) is 65.8 Å². The van der Waals surface area contributed by atoms with Crippen molar-refractivity contribution in [3.8, 4) is 0 Å². The maximum Gasteiger partial charge on any atom is 0.347 e. The number of fused-ring (bicyclic) bond motifs is 1. The van der Waals surface area contributed by atoms with Gasteiger partial charge in [0.1, 0.15) is 48.8 Å². The van der Waals surface area contributed by atoms with Crippen LogP contribution in [-0.2, 0) is 95.3 Å². The number of carbonyl (C=O) groups excluding carboxylic acids is 9. The van der Waals surface area contributed by atoms with E-state index in [1.807, 2.05) is 69.2 Å². The van der Waals surface area contributed by atoms with E-state index in [-0.39, 0.29) is 171 Å². The normalized spacial score (nSPS) is 29.1. The molecule has 0 aromatic carbocycles. The van der Waals surface area contributed by atoms with Crippen LogP contribution in [0.15, 0.2) is 0 Å². The Morgan fingerprint density at radius 3 is 1.26 bits per heavy atom. The highest BCUT2D eigenvalue weighted by atomic mass is 19.3. The van der Waals surface area contributed by atoms with Crippen LogP contribution in [0.25, 0.3) is 0 Å². The second kappa shape index (κ2) is 51.7.